The molecule has 1 aliphatic heterocycles. The predicted molar refractivity (Wildman–Crippen MR) is 112 cm³/mol. The van der Waals surface area contributed by atoms with Gasteiger partial charge in [-0.1, -0.05) is 18.2 Å². The minimum atomic E-state index is -0.699. The molecular weight excluding hydrogens is 384 g/mol. The average Bonchev–Trinajstić information content (AvgIpc) is 3.23. The molecule has 1 aromatic heterocycles. The summed E-state index contributed by atoms with van der Waals surface area (Å²) in [5, 5.41) is 3.57. The molecule has 2 N–H and O–H groups in total. The highest BCUT2D eigenvalue weighted by molar-refractivity contribution is 6.39. The Kier molecular flexibility index (Phi) is 5.38. The first kappa shape index (κ1) is 19.5. The van der Waals surface area contributed by atoms with Crippen molar-refractivity contribution in [3.8, 4) is 5.75 Å². The van der Waals surface area contributed by atoms with E-state index >= 15 is 0 Å². The monoisotopic (exact) mass is 406 g/mol. The second-order valence-corrected chi connectivity index (χ2v) is 7.04. The molecule has 0 radical (unpaired) electrons. The number of fused-ring (bicyclic) bond motifs is 1. The SMILES string of the molecule is COc1ccc(NC(=O)C(=O)N2CCN(C(=O)c3cc4ccccc4[nH]3)CC2)cc1. The Morgan fingerprint density at radius 2 is 1.60 bits per heavy atom. The summed E-state index contributed by atoms with van der Waals surface area (Å²) < 4.78 is 5.07. The summed E-state index contributed by atoms with van der Waals surface area (Å²) in [4.78, 5) is 43.8. The van der Waals surface area contributed by atoms with Crippen LogP contribution in [0, 0.1) is 0 Å². The number of H-pyrrole nitrogens is 1. The van der Waals surface area contributed by atoms with Crippen molar-refractivity contribution in [2.24, 2.45) is 0 Å². The minimum Gasteiger partial charge on any atom is -0.497 e. The largest absolute Gasteiger partial charge is 0.497 e. The standard InChI is InChI=1S/C22H22N4O4/c1-30-17-8-6-16(7-9-17)23-20(27)22(29)26-12-10-25(11-13-26)21(28)19-14-15-4-2-3-5-18(15)24-19/h2-9,14,24H,10-13H2,1H3,(H,23,27). The van der Waals surface area contributed by atoms with E-state index in [2.05, 4.69) is 10.3 Å². The van der Waals surface area contributed by atoms with E-state index in [1.165, 1.54) is 4.90 Å². The molecule has 0 saturated carbocycles. The van der Waals surface area contributed by atoms with Gasteiger partial charge in [-0.2, -0.15) is 0 Å². The third-order valence-electron chi connectivity index (χ3n) is 5.16. The van der Waals surface area contributed by atoms with Gasteiger partial charge in [0.1, 0.15) is 11.4 Å². The van der Waals surface area contributed by atoms with Crippen LogP contribution in [0.2, 0.25) is 0 Å². The third-order valence-corrected chi connectivity index (χ3v) is 5.16. The maximum atomic E-state index is 12.8. The maximum Gasteiger partial charge on any atom is 0.313 e. The van der Waals surface area contributed by atoms with Gasteiger partial charge < -0.3 is 24.8 Å². The number of methoxy groups -OCH3 is 1. The number of aromatic amines is 1. The van der Waals surface area contributed by atoms with E-state index in [1.54, 1.807) is 36.3 Å². The van der Waals surface area contributed by atoms with Crippen molar-refractivity contribution in [1.82, 2.24) is 14.8 Å². The third kappa shape index (κ3) is 3.98. The number of carbonyl (C=O) groups excluding carboxylic acids is 3. The number of amides is 3. The summed E-state index contributed by atoms with van der Waals surface area (Å²) in [7, 11) is 1.56. The number of para-hydroxylation sites is 1. The van der Waals surface area contributed by atoms with E-state index in [4.69, 9.17) is 4.74 Å². The van der Waals surface area contributed by atoms with Crippen LogP contribution in [0.5, 0.6) is 5.75 Å². The van der Waals surface area contributed by atoms with E-state index in [0.717, 1.165) is 10.9 Å². The molecule has 2 heterocycles. The molecule has 0 spiro atoms. The number of piperazine rings is 1. The van der Waals surface area contributed by atoms with E-state index in [-0.39, 0.29) is 5.91 Å². The second kappa shape index (κ2) is 8.28. The Hall–Kier alpha value is -3.81. The summed E-state index contributed by atoms with van der Waals surface area (Å²) in [6, 6.07) is 16.3. The number of aromatic nitrogens is 1. The van der Waals surface area contributed by atoms with Crippen LogP contribution in [0.1, 0.15) is 10.5 Å². The van der Waals surface area contributed by atoms with Crippen LogP contribution in [-0.2, 0) is 9.59 Å². The van der Waals surface area contributed by atoms with Gasteiger partial charge in [0.05, 0.1) is 7.11 Å². The van der Waals surface area contributed by atoms with Gasteiger partial charge in [-0.15, -0.1) is 0 Å². The zero-order valence-electron chi connectivity index (χ0n) is 16.6. The van der Waals surface area contributed by atoms with Crippen LogP contribution in [0.4, 0.5) is 5.69 Å². The molecule has 3 aromatic rings. The van der Waals surface area contributed by atoms with Crippen LogP contribution in [-0.4, -0.2) is 65.8 Å². The van der Waals surface area contributed by atoms with Crippen LogP contribution in [0.3, 0.4) is 0 Å². The summed E-state index contributed by atoms with van der Waals surface area (Å²) in [6.07, 6.45) is 0. The highest BCUT2D eigenvalue weighted by Gasteiger charge is 2.28. The van der Waals surface area contributed by atoms with Crippen molar-refractivity contribution in [1.29, 1.82) is 0 Å². The van der Waals surface area contributed by atoms with Crippen molar-refractivity contribution in [3.63, 3.8) is 0 Å². The van der Waals surface area contributed by atoms with Crippen LogP contribution in [0.15, 0.2) is 54.6 Å². The molecule has 1 saturated heterocycles. The number of hydrogen-bond donors (Lipinski definition) is 2. The first-order valence-corrected chi connectivity index (χ1v) is 9.66. The molecule has 2 aromatic carbocycles. The van der Waals surface area contributed by atoms with E-state index in [0.29, 0.717) is 43.3 Å². The lowest BCUT2D eigenvalue weighted by molar-refractivity contribution is -0.144. The molecule has 8 nitrogen and oxygen atoms in total. The maximum absolute atomic E-state index is 12.8. The highest BCUT2D eigenvalue weighted by Crippen LogP contribution is 2.18. The average molecular weight is 406 g/mol. The zero-order chi connectivity index (χ0) is 21.1. The first-order valence-electron chi connectivity index (χ1n) is 9.66. The number of nitrogens with zero attached hydrogens (tertiary/aromatic N) is 2. The summed E-state index contributed by atoms with van der Waals surface area (Å²) in [5.41, 5.74) is 1.94. The molecule has 154 valence electrons. The predicted octanol–water partition coefficient (Wildman–Crippen LogP) is 2.10. The fourth-order valence-corrected chi connectivity index (χ4v) is 3.47. The highest BCUT2D eigenvalue weighted by atomic mass is 16.5. The number of anilines is 1. The Bertz CT molecular complexity index is 1050. The van der Waals surface area contributed by atoms with Crippen molar-refractivity contribution < 1.29 is 19.1 Å². The quantitative estimate of drug-likeness (QED) is 0.652. The lowest BCUT2D eigenvalue weighted by atomic mass is 10.2. The first-order chi connectivity index (χ1) is 14.5. The van der Waals surface area contributed by atoms with E-state index in [9.17, 15) is 14.4 Å². The van der Waals surface area contributed by atoms with Gasteiger partial charge in [-0.25, -0.2) is 0 Å². The second-order valence-electron chi connectivity index (χ2n) is 7.04. The number of carbonyl (C=O) groups is 3. The zero-order valence-corrected chi connectivity index (χ0v) is 16.6. The molecule has 4 rings (SSSR count). The summed E-state index contributed by atoms with van der Waals surface area (Å²) in [6.45, 7) is 1.35. The number of nitrogens with one attached hydrogen (secondary N) is 2. The Morgan fingerprint density at radius 3 is 2.27 bits per heavy atom. The Balaban J connectivity index is 1.33. The van der Waals surface area contributed by atoms with Crippen molar-refractivity contribution >= 4 is 34.3 Å². The van der Waals surface area contributed by atoms with E-state index < -0.39 is 11.8 Å². The molecule has 3 amide bonds. The van der Waals surface area contributed by atoms with Gasteiger partial charge in [0.15, 0.2) is 0 Å². The normalized spacial score (nSPS) is 13.9. The van der Waals surface area contributed by atoms with Crippen LogP contribution in [0.25, 0.3) is 10.9 Å². The lowest BCUT2D eigenvalue weighted by Crippen LogP contribution is -2.53. The fraction of sp³-hybridized carbons (Fsp3) is 0.227. The lowest BCUT2D eigenvalue weighted by Gasteiger charge is -2.34. The van der Waals surface area contributed by atoms with Crippen molar-refractivity contribution in [2.45, 2.75) is 0 Å². The van der Waals surface area contributed by atoms with Gasteiger partial charge in [0, 0.05) is 42.8 Å². The molecule has 1 fully saturated rings. The number of ether oxygens (including phenoxy) is 1. The smallest absolute Gasteiger partial charge is 0.313 e. The van der Waals surface area contributed by atoms with Gasteiger partial charge in [-0.3, -0.25) is 14.4 Å². The fourth-order valence-electron chi connectivity index (χ4n) is 3.47. The summed E-state index contributed by atoms with van der Waals surface area (Å²) >= 11 is 0. The van der Waals surface area contributed by atoms with Crippen molar-refractivity contribution in [2.75, 3.05) is 38.6 Å². The van der Waals surface area contributed by atoms with Crippen molar-refractivity contribution in [3.05, 3.63) is 60.3 Å². The molecule has 0 aliphatic carbocycles. The molecule has 0 bridgehead atoms. The molecule has 0 unspecified atom stereocenters. The molecule has 1 aliphatic rings. The van der Waals surface area contributed by atoms with Gasteiger partial charge in [0.25, 0.3) is 5.91 Å². The molecule has 30 heavy (non-hydrogen) atoms. The Morgan fingerprint density at radius 1 is 0.933 bits per heavy atom. The van der Waals surface area contributed by atoms with Crippen LogP contribution < -0.4 is 10.1 Å². The molecule has 0 atom stereocenters. The van der Waals surface area contributed by atoms with E-state index in [1.807, 2.05) is 30.3 Å². The molecule has 8 heteroatoms. The van der Waals surface area contributed by atoms with Crippen LogP contribution >= 0.6 is 0 Å². The minimum absolute atomic E-state index is 0.110. The van der Waals surface area contributed by atoms with Gasteiger partial charge in [0.2, 0.25) is 0 Å². The Labute approximate surface area is 173 Å². The molecular formula is C22H22N4O4. The van der Waals surface area contributed by atoms with Gasteiger partial charge in [-0.05, 0) is 36.4 Å². The topological polar surface area (TPSA) is 94.7 Å². The van der Waals surface area contributed by atoms with Gasteiger partial charge >= 0.3 is 11.8 Å². The number of hydrogen-bond acceptors (Lipinski definition) is 4. The number of benzene rings is 2. The summed E-state index contributed by atoms with van der Waals surface area (Å²) in [5.74, 6) is -0.754. The number of rotatable bonds is 3.